The van der Waals surface area contributed by atoms with Gasteiger partial charge in [-0.2, -0.15) is 0 Å². The SMILES string of the molecule is O=C(O)C[C@@H]1C[C@H](OCc2ccccc2)[C@@H](OCc2ccccc2)[C@H](CO)O1. The van der Waals surface area contributed by atoms with E-state index in [1.165, 1.54) is 0 Å². The summed E-state index contributed by atoms with van der Waals surface area (Å²) in [4.78, 5) is 11.1. The van der Waals surface area contributed by atoms with Crippen LogP contribution < -0.4 is 0 Å². The summed E-state index contributed by atoms with van der Waals surface area (Å²) in [6.07, 6.45) is -1.75. The van der Waals surface area contributed by atoms with Gasteiger partial charge >= 0.3 is 5.97 Å². The third-order valence-electron chi connectivity index (χ3n) is 4.77. The maximum Gasteiger partial charge on any atom is 0.305 e. The number of rotatable bonds is 9. The summed E-state index contributed by atoms with van der Waals surface area (Å²) in [5.74, 6) is -0.938. The highest BCUT2D eigenvalue weighted by atomic mass is 16.6. The zero-order chi connectivity index (χ0) is 19.8. The molecule has 4 atom stereocenters. The molecule has 0 aromatic heterocycles. The summed E-state index contributed by atoms with van der Waals surface area (Å²) in [7, 11) is 0. The van der Waals surface area contributed by atoms with Crippen LogP contribution >= 0.6 is 0 Å². The molecule has 6 heteroatoms. The Balaban J connectivity index is 1.70. The van der Waals surface area contributed by atoms with Gasteiger partial charge in [0.15, 0.2) is 0 Å². The van der Waals surface area contributed by atoms with Crippen molar-refractivity contribution in [3.05, 3.63) is 71.8 Å². The highest BCUT2D eigenvalue weighted by molar-refractivity contribution is 5.67. The normalized spacial score (nSPS) is 24.8. The molecule has 0 saturated carbocycles. The molecule has 0 radical (unpaired) electrons. The van der Waals surface area contributed by atoms with Crippen molar-refractivity contribution >= 4 is 5.97 Å². The average molecular weight is 386 g/mol. The van der Waals surface area contributed by atoms with Gasteiger partial charge in [-0.15, -0.1) is 0 Å². The second-order valence-corrected chi connectivity index (χ2v) is 6.91. The van der Waals surface area contributed by atoms with Crippen molar-refractivity contribution < 1.29 is 29.2 Å². The minimum absolute atomic E-state index is 0.132. The first-order chi connectivity index (χ1) is 13.7. The lowest BCUT2D eigenvalue weighted by Crippen LogP contribution is -2.52. The first kappa shape index (κ1) is 20.5. The third-order valence-corrected chi connectivity index (χ3v) is 4.77. The van der Waals surface area contributed by atoms with Gasteiger partial charge in [0.05, 0.1) is 38.4 Å². The zero-order valence-electron chi connectivity index (χ0n) is 15.6. The molecule has 2 aromatic rings. The van der Waals surface area contributed by atoms with Crippen LogP contribution in [-0.2, 0) is 32.2 Å². The third kappa shape index (κ3) is 5.87. The van der Waals surface area contributed by atoms with Crippen LogP contribution in [0.25, 0.3) is 0 Å². The quantitative estimate of drug-likeness (QED) is 0.689. The van der Waals surface area contributed by atoms with Gasteiger partial charge in [-0.25, -0.2) is 0 Å². The number of carboxylic acid groups (broad SMARTS) is 1. The highest BCUT2D eigenvalue weighted by Crippen LogP contribution is 2.28. The van der Waals surface area contributed by atoms with E-state index in [0.717, 1.165) is 11.1 Å². The van der Waals surface area contributed by atoms with E-state index in [2.05, 4.69) is 0 Å². The van der Waals surface area contributed by atoms with Crippen molar-refractivity contribution in [3.63, 3.8) is 0 Å². The predicted molar refractivity (Wildman–Crippen MR) is 103 cm³/mol. The number of hydrogen-bond acceptors (Lipinski definition) is 5. The molecule has 2 aromatic carbocycles. The van der Waals surface area contributed by atoms with Gasteiger partial charge in [0, 0.05) is 6.42 Å². The predicted octanol–water partition coefficient (Wildman–Crippen LogP) is 2.78. The van der Waals surface area contributed by atoms with Gasteiger partial charge in [0.2, 0.25) is 0 Å². The van der Waals surface area contributed by atoms with Gasteiger partial charge in [-0.1, -0.05) is 60.7 Å². The number of hydrogen-bond donors (Lipinski definition) is 2. The molecule has 3 rings (SSSR count). The molecule has 1 aliphatic heterocycles. The number of aliphatic hydroxyl groups is 1. The fourth-order valence-electron chi connectivity index (χ4n) is 3.41. The van der Waals surface area contributed by atoms with Crippen LogP contribution in [0.5, 0.6) is 0 Å². The standard InChI is InChI=1S/C22H26O6/c23-13-20-22(27-15-17-9-5-2-6-10-17)19(11-18(28-20)12-21(24)25)26-14-16-7-3-1-4-8-16/h1-10,18-20,22-23H,11-15H2,(H,24,25)/t18-,19-,20-,22+/m0/s1. The second-order valence-electron chi connectivity index (χ2n) is 6.91. The number of carbonyl (C=O) groups is 1. The molecule has 0 bridgehead atoms. The molecule has 1 aliphatic rings. The minimum atomic E-state index is -0.938. The number of aliphatic hydroxyl groups excluding tert-OH is 1. The molecule has 6 nitrogen and oxygen atoms in total. The van der Waals surface area contributed by atoms with E-state index >= 15 is 0 Å². The van der Waals surface area contributed by atoms with E-state index in [0.29, 0.717) is 19.6 Å². The molecule has 1 fully saturated rings. The molecule has 1 saturated heterocycles. The Labute approximate surface area is 164 Å². The Morgan fingerprint density at radius 1 is 0.964 bits per heavy atom. The molecule has 150 valence electrons. The van der Waals surface area contributed by atoms with Gasteiger partial charge < -0.3 is 24.4 Å². The lowest BCUT2D eigenvalue weighted by atomic mass is 9.95. The molecule has 0 unspecified atom stereocenters. The number of ether oxygens (including phenoxy) is 3. The summed E-state index contributed by atoms with van der Waals surface area (Å²) in [5, 5.41) is 18.9. The van der Waals surface area contributed by atoms with Crippen molar-refractivity contribution in [2.24, 2.45) is 0 Å². The smallest absolute Gasteiger partial charge is 0.305 e. The Hall–Kier alpha value is -2.25. The topological polar surface area (TPSA) is 85.2 Å². The van der Waals surface area contributed by atoms with Crippen LogP contribution in [-0.4, -0.2) is 47.2 Å². The van der Waals surface area contributed by atoms with Crippen molar-refractivity contribution in [3.8, 4) is 0 Å². The second kappa shape index (κ2) is 10.3. The van der Waals surface area contributed by atoms with Gasteiger partial charge in [-0.05, 0) is 11.1 Å². The van der Waals surface area contributed by atoms with Crippen molar-refractivity contribution in [1.82, 2.24) is 0 Å². The molecule has 2 N–H and O–H groups in total. The molecular formula is C22H26O6. The van der Waals surface area contributed by atoms with Gasteiger partial charge in [0.25, 0.3) is 0 Å². The zero-order valence-corrected chi connectivity index (χ0v) is 15.6. The Morgan fingerprint density at radius 2 is 1.54 bits per heavy atom. The van der Waals surface area contributed by atoms with E-state index in [1.807, 2.05) is 60.7 Å². The van der Waals surface area contributed by atoms with Crippen LogP contribution in [0.1, 0.15) is 24.0 Å². The summed E-state index contributed by atoms with van der Waals surface area (Å²) in [6.45, 7) is 0.482. The maximum atomic E-state index is 11.1. The number of carboxylic acids is 1. The van der Waals surface area contributed by atoms with Crippen LogP contribution in [0.15, 0.2) is 60.7 Å². The maximum absolute atomic E-state index is 11.1. The van der Waals surface area contributed by atoms with Crippen LogP contribution in [0, 0.1) is 0 Å². The Kier molecular flexibility index (Phi) is 7.56. The van der Waals surface area contributed by atoms with Gasteiger partial charge in [-0.3, -0.25) is 4.79 Å². The van der Waals surface area contributed by atoms with E-state index in [4.69, 9.17) is 19.3 Å². The van der Waals surface area contributed by atoms with E-state index in [1.54, 1.807) is 0 Å². The molecule has 0 amide bonds. The monoisotopic (exact) mass is 386 g/mol. The molecule has 0 aliphatic carbocycles. The minimum Gasteiger partial charge on any atom is -0.481 e. The van der Waals surface area contributed by atoms with Crippen molar-refractivity contribution in [1.29, 1.82) is 0 Å². The van der Waals surface area contributed by atoms with Gasteiger partial charge in [0.1, 0.15) is 12.2 Å². The summed E-state index contributed by atoms with van der Waals surface area (Å²) >= 11 is 0. The van der Waals surface area contributed by atoms with E-state index in [9.17, 15) is 9.90 Å². The fraction of sp³-hybridized carbons (Fsp3) is 0.409. The highest BCUT2D eigenvalue weighted by Gasteiger charge is 2.40. The summed E-state index contributed by atoms with van der Waals surface area (Å²) in [6, 6.07) is 19.5. The molecule has 0 spiro atoms. The Morgan fingerprint density at radius 3 is 2.07 bits per heavy atom. The fourth-order valence-corrected chi connectivity index (χ4v) is 3.41. The number of aliphatic carboxylic acids is 1. The van der Waals surface area contributed by atoms with Crippen molar-refractivity contribution in [2.75, 3.05) is 6.61 Å². The first-order valence-corrected chi connectivity index (χ1v) is 9.45. The Bertz CT molecular complexity index is 720. The molecule has 1 heterocycles. The summed E-state index contributed by atoms with van der Waals surface area (Å²) in [5.41, 5.74) is 2.03. The largest absolute Gasteiger partial charge is 0.481 e. The first-order valence-electron chi connectivity index (χ1n) is 9.45. The van der Waals surface area contributed by atoms with E-state index < -0.39 is 24.3 Å². The lowest BCUT2D eigenvalue weighted by Gasteiger charge is -2.40. The van der Waals surface area contributed by atoms with E-state index in [-0.39, 0.29) is 19.1 Å². The summed E-state index contributed by atoms with van der Waals surface area (Å²) < 4.78 is 18.0. The van der Waals surface area contributed by atoms with Crippen molar-refractivity contribution in [2.45, 2.75) is 50.5 Å². The molecular weight excluding hydrogens is 360 g/mol. The lowest BCUT2D eigenvalue weighted by molar-refractivity contribution is -0.217. The average Bonchev–Trinajstić information content (AvgIpc) is 2.72. The van der Waals surface area contributed by atoms with Crippen LogP contribution in [0.3, 0.4) is 0 Å². The van der Waals surface area contributed by atoms with Crippen LogP contribution in [0.2, 0.25) is 0 Å². The van der Waals surface area contributed by atoms with Crippen LogP contribution in [0.4, 0.5) is 0 Å². The number of benzene rings is 2. The molecule has 28 heavy (non-hydrogen) atoms.